The van der Waals surface area contributed by atoms with Crippen molar-refractivity contribution in [2.24, 2.45) is 0 Å². The van der Waals surface area contributed by atoms with Crippen molar-refractivity contribution >= 4 is 17.8 Å². The minimum absolute atomic E-state index is 0.00780. The highest BCUT2D eigenvalue weighted by Crippen LogP contribution is 2.17. The number of nitrogens with zero attached hydrogens (tertiary/aromatic N) is 2. The van der Waals surface area contributed by atoms with Gasteiger partial charge in [-0.15, -0.1) is 0 Å². The molecule has 0 bridgehead atoms. The molecule has 0 radical (unpaired) electrons. The first kappa shape index (κ1) is 17.9. The summed E-state index contributed by atoms with van der Waals surface area (Å²) in [7, 11) is 0. The van der Waals surface area contributed by atoms with Crippen LogP contribution in [0.3, 0.4) is 0 Å². The number of ether oxygens (including phenoxy) is 3. The van der Waals surface area contributed by atoms with Crippen LogP contribution >= 0.6 is 0 Å². The van der Waals surface area contributed by atoms with Gasteiger partial charge in [0.05, 0.1) is 23.7 Å². The molecule has 25 heavy (non-hydrogen) atoms. The first-order valence-electron chi connectivity index (χ1n) is 7.22. The van der Waals surface area contributed by atoms with Crippen LogP contribution in [0, 0.1) is 10.1 Å². The summed E-state index contributed by atoms with van der Waals surface area (Å²) in [6, 6.07) is 8.19. The number of esters is 1. The third-order valence-corrected chi connectivity index (χ3v) is 2.89. The van der Waals surface area contributed by atoms with Gasteiger partial charge in [-0.2, -0.15) is 0 Å². The molecule has 0 amide bonds. The smallest absolute Gasteiger partial charge is 0.462 e. The maximum absolute atomic E-state index is 11.6. The van der Waals surface area contributed by atoms with Gasteiger partial charge in [-0.3, -0.25) is 15.1 Å². The first-order chi connectivity index (χ1) is 12.1. The lowest BCUT2D eigenvalue weighted by Gasteiger charge is -2.06. The van der Waals surface area contributed by atoms with Crippen molar-refractivity contribution in [2.75, 3.05) is 13.2 Å². The van der Waals surface area contributed by atoms with Gasteiger partial charge in [0.15, 0.2) is 0 Å². The molecule has 0 aliphatic carbocycles. The zero-order valence-electron chi connectivity index (χ0n) is 13.0. The van der Waals surface area contributed by atoms with E-state index < -0.39 is 17.0 Å². The van der Waals surface area contributed by atoms with Crippen LogP contribution in [-0.2, 0) is 9.47 Å². The Kier molecular flexibility index (Phi) is 6.40. The third kappa shape index (κ3) is 5.90. The minimum Gasteiger partial charge on any atom is -0.462 e. The molecule has 0 N–H and O–H groups in total. The number of benzene rings is 1. The van der Waals surface area contributed by atoms with Gasteiger partial charge in [-0.25, -0.2) is 9.59 Å². The fourth-order valence-electron chi connectivity index (χ4n) is 1.71. The van der Waals surface area contributed by atoms with E-state index in [1.54, 1.807) is 18.3 Å². The molecule has 2 rings (SSSR count). The standard InChI is InChI=1S/C16H14N2O7/c19-15(12-3-1-8-17-11-12)23-9-2-10-24-16(20)25-14-6-4-13(5-7-14)18(21)22/h1,3-8,11H,2,9-10H2. The van der Waals surface area contributed by atoms with Crippen molar-refractivity contribution in [3.63, 3.8) is 0 Å². The Bertz CT molecular complexity index is 732. The van der Waals surface area contributed by atoms with Crippen LogP contribution in [0.2, 0.25) is 0 Å². The number of carbonyl (C=O) groups excluding carboxylic acids is 2. The molecule has 0 saturated carbocycles. The van der Waals surface area contributed by atoms with Crippen molar-refractivity contribution in [1.29, 1.82) is 0 Å². The Morgan fingerprint density at radius 2 is 1.80 bits per heavy atom. The molecule has 1 heterocycles. The Morgan fingerprint density at radius 3 is 2.44 bits per heavy atom. The maximum Gasteiger partial charge on any atom is 0.513 e. The second-order valence-electron chi connectivity index (χ2n) is 4.68. The summed E-state index contributed by atoms with van der Waals surface area (Å²) in [5.41, 5.74) is 0.220. The van der Waals surface area contributed by atoms with E-state index in [1.165, 1.54) is 30.5 Å². The molecule has 9 nitrogen and oxygen atoms in total. The molecule has 0 fully saturated rings. The number of hydrogen-bond acceptors (Lipinski definition) is 8. The van der Waals surface area contributed by atoms with Crippen molar-refractivity contribution in [3.05, 3.63) is 64.5 Å². The first-order valence-corrected chi connectivity index (χ1v) is 7.22. The van der Waals surface area contributed by atoms with Crippen molar-refractivity contribution in [1.82, 2.24) is 4.98 Å². The largest absolute Gasteiger partial charge is 0.513 e. The summed E-state index contributed by atoms with van der Waals surface area (Å²) in [4.78, 5) is 36.8. The summed E-state index contributed by atoms with van der Waals surface area (Å²) in [5, 5.41) is 10.5. The van der Waals surface area contributed by atoms with E-state index in [0.717, 1.165) is 0 Å². The number of non-ortho nitro benzene ring substituents is 1. The minimum atomic E-state index is -0.951. The van der Waals surface area contributed by atoms with Crippen LogP contribution in [0.5, 0.6) is 5.75 Å². The van der Waals surface area contributed by atoms with Gasteiger partial charge in [0, 0.05) is 30.9 Å². The van der Waals surface area contributed by atoms with Crippen molar-refractivity contribution in [3.8, 4) is 5.75 Å². The molecular formula is C16H14N2O7. The van der Waals surface area contributed by atoms with E-state index in [2.05, 4.69) is 4.98 Å². The molecule has 0 saturated heterocycles. The van der Waals surface area contributed by atoms with Gasteiger partial charge < -0.3 is 14.2 Å². The number of carbonyl (C=O) groups is 2. The van der Waals surface area contributed by atoms with E-state index in [0.29, 0.717) is 12.0 Å². The molecule has 9 heteroatoms. The predicted octanol–water partition coefficient (Wildman–Crippen LogP) is 2.75. The van der Waals surface area contributed by atoms with Crippen LogP contribution in [0.15, 0.2) is 48.8 Å². The number of rotatable bonds is 7. The molecule has 0 atom stereocenters. The average Bonchev–Trinajstić information content (AvgIpc) is 2.62. The topological polar surface area (TPSA) is 118 Å². The summed E-state index contributed by atoms with van der Waals surface area (Å²) in [6.45, 7) is 0.0602. The molecule has 2 aromatic rings. The lowest BCUT2D eigenvalue weighted by atomic mass is 10.3. The fourth-order valence-corrected chi connectivity index (χ4v) is 1.71. The second kappa shape index (κ2) is 8.96. The Hall–Kier alpha value is -3.49. The molecular weight excluding hydrogens is 332 g/mol. The lowest BCUT2D eigenvalue weighted by molar-refractivity contribution is -0.384. The summed E-state index contributed by atoms with van der Waals surface area (Å²) >= 11 is 0. The quantitative estimate of drug-likeness (QED) is 0.247. The molecule has 0 aliphatic heterocycles. The number of nitro benzene ring substituents is 1. The van der Waals surface area contributed by atoms with Crippen LogP contribution < -0.4 is 4.74 Å². The van der Waals surface area contributed by atoms with Gasteiger partial charge in [-0.1, -0.05) is 0 Å². The van der Waals surface area contributed by atoms with E-state index in [9.17, 15) is 19.7 Å². The van der Waals surface area contributed by atoms with Crippen LogP contribution in [0.25, 0.3) is 0 Å². The average molecular weight is 346 g/mol. The van der Waals surface area contributed by atoms with Crippen LogP contribution in [-0.4, -0.2) is 35.2 Å². The Balaban J connectivity index is 1.64. The highest BCUT2D eigenvalue weighted by molar-refractivity contribution is 5.88. The lowest BCUT2D eigenvalue weighted by Crippen LogP contribution is -2.14. The van der Waals surface area contributed by atoms with E-state index in [1.807, 2.05) is 0 Å². The van der Waals surface area contributed by atoms with Gasteiger partial charge in [0.25, 0.3) is 5.69 Å². The molecule has 0 aliphatic rings. The normalized spacial score (nSPS) is 9.92. The zero-order chi connectivity index (χ0) is 18.1. The monoisotopic (exact) mass is 346 g/mol. The molecule has 130 valence electrons. The highest BCUT2D eigenvalue weighted by Gasteiger charge is 2.10. The molecule has 0 unspecified atom stereocenters. The molecule has 1 aromatic carbocycles. The van der Waals surface area contributed by atoms with Gasteiger partial charge in [0.2, 0.25) is 0 Å². The van der Waals surface area contributed by atoms with Crippen LogP contribution in [0.1, 0.15) is 16.8 Å². The predicted molar refractivity (Wildman–Crippen MR) is 84.2 cm³/mol. The molecule has 1 aromatic heterocycles. The summed E-state index contributed by atoms with van der Waals surface area (Å²) in [6.07, 6.45) is 2.27. The summed E-state index contributed by atoms with van der Waals surface area (Å²) in [5.74, 6) is -0.389. The number of hydrogen-bond donors (Lipinski definition) is 0. The third-order valence-electron chi connectivity index (χ3n) is 2.89. The number of pyridine rings is 1. The van der Waals surface area contributed by atoms with Crippen molar-refractivity contribution < 1.29 is 28.7 Å². The van der Waals surface area contributed by atoms with E-state index >= 15 is 0 Å². The summed E-state index contributed by atoms with van der Waals surface area (Å²) < 4.78 is 14.6. The van der Waals surface area contributed by atoms with Crippen molar-refractivity contribution in [2.45, 2.75) is 6.42 Å². The number of aromatic nitrogens is 1. The van der Waals surface area contributed by atoms with Gasteiger partial charge in [-0.05, 0) is 24.3 Å². The number of nitro groups is 1. The SMILES string of the molecule is O=C(OCCCOC(=O)c1cccnc1)Oc1ccc([N+](=O)[O-])cc1. The van der Waals surface area contributed by atoms with E-state index in [-0.39, 0.29) is 24.7 Å². The van der Waals surface area contributed by atoms with Gasteiger partial charge in [0.1, 0.15) is 5.75 Å². The Morgan fingerprint density at radius 1 is 1.08 bits per heavy atom. The Labute approximate surface area is 142 Å². The zero-order valence-corrected chi connectivity index (χ0v) is 13.0. The highest BCUT2D eigenvalue weighted by atomic mass is 16.7. The van der Waals surface area contributed by atoms with Gasteiger partial charge >= 0.3 is 12.1 Å². The second-order valence-corrected chi connectivity index (χ2v) is 4.68. The maximum atomic E-state index is 11.6. The van der Waals surface area contributed by atoms with Crippen LogP contribution in [0.4, 0.5) is 10.5 Å². The fraction of sp³-hybridized carbons (Fsp3) is 0.188. The molecule has 0 spiro atoms. The van der Waals surface area contributed by atoms with E-state index in [4.69, 9.17) is 14.2 Å².